The van der Waals surface area contributed by atoms with Crippen LogP contribution in [-0.4, -0.2) is 47.5 Å². The molecule has 1 N–H and O–H groups in total. The lowest BCUT2D eigenvalue weighted by atomic mass is 9.84. The van der Waals surface area contributed by atoms with E-state index >= 15 is 0 Å². The van der Waals surface area contributed by atoms with Crippen LogP contribution >= 0.6 is 11.8 Å². The van der Waals surface area contributed by atoms with Crippen molar-refractivity contribution in [1.82, 2.24) is 4.90 Å². The minimum absolute atomic E-state index is 0.0848. The zero-order chi connectivity index (χ0) is 22.5. The molecule has 0 radical (unpaired) electrons. The van der Waals surface area contributed by atoms with Crippen LogP contribution < -0.4 is 0 Å². The molecule has 0 unspecified atom stereocenters. The number of aliphatic hydroxyl groups excluding tert-OH is 1. The maximum absolute atomic E-state index is 13.7. The van der Waals surface area contributed by atoms with Crippen LogP contribution in [0.25, 0.3) is 0 Å². The van der Waals surface area contributed by atoms with Gasteiger partial charge in [0, 0.05) is 30.4 Å². The summed E-state index contributed by atoms with van der Waals surface area (Å²) >= 11 is 1.94. The van der Waals surface area contributed by atoms with Crippen LogP contribution in [0, 0.1) is 5.92 Å². The molecule has 0 spiro atoms. The van der Waals surface area contributed by atoms with Gasteiger partial charge in [-0.3, -0.25) is 4.79 Å². The molecule has 4 rings (SSSR count). The third-order valence-electron chi connectivity index (χ3n) is 6.87. The Morgan fingerprint density at radius 1 is 1.03 bits per heavy atom. The van der Waals surface area contributed by atoms with Gasteiger partial charge in [0.2, 0.25) is 5.91 Å². The fourth-order valence-electron chi connectivity index (χ4n) is 4.44. The van der Waals surface area contributed by atoms with Crippen molar-refractivity contribution < 1.29 is 14.6 Å². The molecule has 1 saturated carbocycles. The highest BCUT2D eigenvalue weighted by molar-refractivity contribution is 8.00. The van der Waals surface area contributed by atoms with Crippen molar-refractivity contribution in [2.75, 3.05) is 20.3 Å². The Balaban J connectivity index is 1.51. The van der Waals surface area contributed by atoms with Crippen LogP contribution in [0.1, 0.15) is 62.2 Å². The molecular weight excluding hydrogens is 418 g/mol. The smallest absolute Gasteiger partial charge is 0.230 e. The van der Waals surface area contributed by atoms with Gasteiger partial charge in [0.15, 0.2) is 0 Å². The average molecular weight is 454 g/mol. The lowest BCUT2D eigenvalue weighted by molar-refractivity contribution is -0.136. The maximum atomic E-state index is 13.7. The van der Waals surface area contributed by atoms with Gasteiger partial charge in [0.05, 0.1) is 18.1 Å². The van der Waals surface area contributed by atoms with Crippen molar-refractivity contribution in [2.45, 2.75) is 67.2 Å². The minimum atomic E-state index is -0.716. The topological polar surface area (TPSA) is 49.8 Å². The molecule has 5 heteroatoms. The van der Waals surface area contributed by atoms with Gasteiger partial charge in [0.25, 0.3) is 0 Å². The number of carbonyl (C=O) groups excluding carboxylic acids is 1. The predicted octanol–water partition coefficient (Wildman–Crippen LogP) is 5.42. The third-order valence-corrected chi connectivity index (χ3v) is 8.22. The molecule has 3 atom stereocenters. The number of ether oxygens (including phenoxy) is 1. The summed E-state index contributed by atoms with van der Waals surface area (Å²) in [4.78, 5) is 16.8. The number of nitrogens with zero attached hydrogens (tertiary/aromatic N) is 1. The first-order chi connectivity index (χ1) is 15.5. The average Bonchev–Trinajstić information content (AvgIpc) is 3.66. The summed E-state index contributed by atoms with van der Waals surface area (Å²) in [6.45, 7) is 3.49. The summed E-state index contributed by atoms with van der Waals surface area (Å²) in [5.41, 5.74) is 1.91. The number of rotatable bonds is 9. The molecule has 2 aromatic carbocycles. The zero-order valence-electron chi connectivity index (χ0n) is 19.2. The number of amides is 1. The molecule has 2 aromatic rings. The van der Waals surface area contributed by atoms with Crippen LogP contribution in [0.5, 0.6) is 0 Å². The van der Waals surface area contributed by atoms with Crippen LogP contribution in [0.15, 0.2) is 59.5 Å². The molecule has 0 bridgehead atoms. The largest absolute Gasteiger partial charge is 0.386 e. The van der Waals surface area contributed by atoms with E-state index in [1.165, 1.54) is 17.7 Å². The van der Waals surface area contributed by atoms with Gasteiger partial charge in [0.1, 0.15) is 0 Å². The van der Waals surface area contributed by atoms with E-state index in [2.05, 4.69) is 24.3 Å². The Kier molecular flexibility index (Phi) is 7.93. The van der Waals surface area contributed by atoms with E-state index in [1.807, 2.05) is 56.1 Å². The molecular formula is C27H35NO3S. The number of thioether (sulfide) groups is 1. The van der Waals surface area contributed by atoms with Gasteiger partial charge in [-0.2, -0.15) is 0 Å². The second kappa shape index (κ2) is 10.9. The number of aliphatic hydroxyl groups is 1. The van der Waals surface area contributed by atoms with Gasteiger partial charge in [-0.15, -0.1) is 11.8 Å². The fourth-order valence-corrected chi connectivity index (χ4v) is 5.49. The van der Waals surface area contributed by atoms with E-state index in [0.717, 1.165) is 48.9 Å². The quantitative estimate of drug-likeness (QED) is 0.551. The highest BCUT2D eigenvalue weighted by atomic mass is 32.2. The number of hydrogen-bond acceptors (Lipinski definition) is 4. The monoisotopic (exact) mass is 453 g/mol. The standard InChI is InChI=1S/C27H35NO3S/c1-19(26(29)22-6-4-3-5-7-22)28(2)27(30)25(18-20-14-16-31-17-15-20)21-8-10-23(11-9-21)32-24-12-13-24/h3-11,19-20,24-26,29H,12-18H2,1-2H3/t19-,25-,26+/m1/s1. The molecule has 4 nitrogen and oxygen atoms in total. The van der Waals surface area contributed by atoms with E-state index in [0.29, 0.717) is 5.92 Å². The van der Waals surface area contributed by atoms with Gasteiger partial charge in [-0.05, 0) is 68.2 Å². The normalized spacial score (nSPS) is 19.8. The van der Waals surface area contributed by atoms with E-state index in [9.17, 15) is 9.90 Å². The number of likely N-dealkylation sites (N-methyl/N-ethyl adjacent to an activating group) is 1. The van der Waals surface area contributed by atoms with Crippen molar-refractivity contribution in [2.24, 2.45) is 5.92 Å². The number of benzene rings is 2. The van der Waals surface area contributed by atoms with Crippen LogP contribution in [0.4, 0.5) is 0 Å². The molecule has 1 aliphatic heterocycles. The Labute approximate surface area is 196 Å². The molecule has 1 saturated heterocycles. The summed E-state index contributed by atoms with van der Waals surface area (Å²) in [6, 6.07) is 17.9. The molecule has 2 aliphatic rings. The molecule has 1 aliphatic carbocycles. The summed E-state index contributed by atoms with van der Waals surface area (Å²) < 4.78 is 5.54. The first kappa shape index (κ1) is 23.3. The summed E-state index contributed by atoms with van der Waals surface area (Å²) in [7, 11) is 1.83. The second-order valence-corrected chi connectivity index (χ2v) is 10.6. The van der Waals surface area contributed by atoms with E-state index in [-0.39, 0.29) is 17.9 Å². The Morgan fingerprint density at radius 2 is 1.69 bits per heavy atom. The summed E-state index contributed by atoms with van der Waals surface area (Å²) in [6.07, 6.45) is 4.74. The van der Waals surface area contributed by atoms with Crippen LogP contribution in [0.3, 0.4) is 0 Å². The molecule has 172 valence electrons. The Bertz CT molecular complexity index is 862. The van der Waals surface area contributed by atoms with E-state index < -0.39 is 6.10 Å². The van der Waals surface area contributed by atoms with Crippen molar-refractivity contribution >= 4 is 17.7 Å². The minimum Gasteiger partial charge on any atom is -0.386 e. The predicted molar refractivity (Wildman–Crippen MR) is 130 cm³/mol. The molecule has 2 fully saturated rings. The molecule has 0 aromatic heterocycles. The van der Waals surface area contributed by atoms with Crippen molar-refractivity contribution in [3.8, 4) is 0 Å². The number of carbonyl (C=O) groups is 1. The van der Waals surface area contributed by atoms with Crippen LogP contribution in [-0.2, 0) is 9.53 Å². The third kappa shape index (κ3) is 5.94. The Hall–Kier alpha value is -1.82. The Morgan fingerprint density at radius 3 is 2.31 bits per heavy atom. The highest BCUT2D eigenvalue weighted by Crippen LogP contribution is 2.40. The zero-order valence-corrected chi connectivity index (χ0v) is 20.0. The lowest BCUT2D eigenvalue weighted by Gasteiger charge is -2.34. The van der Waals surface area contributed by atoms with Crippen molar-refractivity contribution in [3.63, 3.8) is 0 Å². The van der Waals surface area contributed by atoms with Crippen LogP contribution in [0.2, 0.25) is 0 Å². The SMILES string of the molecule is C[C@H]([C@H](O)c1ccccc1)N(C)C(=O)[C@H](CC1CCOCC1)c1ccc(SC2CC2)cc1. The van der Waals surface area contributed by atoms with Gasteiger partial charge >= 0.3 is 0 Å². The van der Waals surface area contributed by atoms with E-state index in [1.54, 1.807) is 4.90 Å². The molecule has 1 heterocycles. The summed E-state index contributed by atoms with van der Waals surface area (Å²) in [5, 5.41) is 11.7. The van der Waals surface area contributed by atoms with Crippen molar-refractivity contribution in [1.29, 1.82) is 0 Å². The van der Waals surface area contributed by atoms with Gasteiger partial charge < -0.3 is 14.7 Å². The fraction of sp³-hybridized carbons (Fsp3) is 0.519. The number of hydrogen-bond donors (Lipinski definition) is 1. The first-order valence-electron chi connectivity index (χ1n) is 11.9. The summed E-state index contributed by atoms with van der Waals surface area (Å²) in [5.74, 6) is 0.371. The second-order valence-electron chi connectivity index (χ2n) is 9.28. The maximum Gasteiger partial charge on any atom is 0.230 e. The highest BCUT2D eigenvalue weighted by Gasteiger charge is 2.32. The van der Waals surface area contributed by atoms with Gasteiger partial charge in [-0.1, -0.05) is 42.5 Å². The van der Waals surface area contributed by atoms with E-state index in [4.69, 9.17) is 4.74 Å². The van der Waals surface area contributed by atoms with Crippen molar-refractivity contribution in [3.05, 3.63) is 65.7 Å². The first-order valence-corrected chi connectivity index (χ1v) is 12.7. The van der Waals surface area contributed by atoms with Gasteiger partial charge in [-0.25, -0.2) is 0 Å². The molecule has 1 amide bonds. The lowest BCUT2D eigenvalue weighted by Crippen LogP contribution is -2.42. The molecule has 32 heavy (non-hydrogen) atoms.